The second-order valence-electron chi connectivity index (χ2n) is 6.26. The van der Waals surface area contributed by atoms with E-state index in [1.165, 1.54) is 12.1 Å². The summed E-state index contributed by atoms with van der Waals surface area (Å²) in [6.45, 7) is 5.01. The molecule has 4 N–H and O–H groups in total. The van der Waals surface area contributed by atoms with Gasteiger partial charge in [0, 0.05) is 5.70 Å². The van der Waals surface area contributed by atoms with Crippen LogP contribution in [0.5, 0.6) is 0 Å². The molecule has 2 heterocycles. The van der Waals surface area contributed by atoms with Gasteiger partial charge in [0.2, 0.25) is 11.8 Å². The number of hydrogen-bond donors (Lipinski definition) is 3. The number of anilines is 1. The molecule has 0 spiro atoms. The minimum absolute atomic E-state index is 0.0766. The van der Waals surface area contributed by atoms with Crippen molar-refractivity contribution in [3.05, 3.63) is 41.6 Å². The first-order valence-electron chi connectivity index (χ1n) is 7.80. The zero-order valence-corrected chi connectivity index (χ0v) is 13.7. The Morgan fingerprint density at radius 1 is 1.36 bits per heavy atom. The highest BCUT2D eigenvalue weighted by Crippen LogP contribution is 2.37. The van der Waals surface area contributed by atoms with Gasteiger partial charge in [-0.1, -0.05) is 12.6 Å². The van der Waals surface area contributed by atoms with Crippen molar-refractivity contribution in [1.29, 1.82) is 0 Å². The van der Waals surface area contributed by atoms with Crippen LogP contribution >= 0.6 is 0 Å². The number of imide groups is 1. The molecule has 1 aromatic carbocycles. The maximum absolute atomic E-state index is 12.9. The molecule has 2 aliphatic rings. The molecule has 3 rings (SSSR count). The highest BCUT2D eigenvalue weighted by Gasteiger charge is 2.52. The Bertz CT molecular complexity index is 832. The van der Waals surface area contributed by atoms with Crippen LogP contribution < -0.4 is 16.4 Å². The maximum Gasteiger partial charge on any atom is 0.264 e. The van der Waals surface area contributed by atoms with Gasteiger partial charge >= 0.3 is 0 Å². The average molecular weight is 342 g/mol. The van der Waals surface area contributed by atoms with Crippen molar-refractivity contribution in [2.24, 2.45) is 5.73 Å². The number of nitrogens with zero attached hydrogens (tertiary/aromatic N) is 1. The van der Waals surface area contributed by atoms with Gasteiger partial charge < -0.3 is 16.4 Å². The highest BCUT2D eigenvalue weighted by atomic mass is 16.2. The van der Waals surface area contributed by atoms with E-state index in [1.807, 2.05) is 0 Å². The fourth-order valence-corrected chi connectivity index (χ4v) is 3.12. The van der Waals surface area contributed by atoms with E-state index in [-0.39, 0.29) is 29.8 Å². The minimum atomic E-state index is -1.32. The van der Waals surface area contributed by atoms with Crippen LogP contribution in [0.2, 0.25) is 0 Å². The zero-order valence-electron chi connectivity index (χ0n) is 13.7. The SMILES string of the molecule is C=C1CC[C@](C)(N2C(=O)c3cccc(NC(=O)CN)c3C2=O)C(=O)N1. The standard InChI is InChI=1S/C17H18N4O4/c1-9-6-7-17(2,16(25)19-9)21-14(23)10-4-3-5-11(13(10)15(21)24)20-12(22)8-18/h3-5H,1,6-8,18H2,2H3,(H,19,25)(H,20,22)/t17-/m0/s1. The van der Waals surface area contributed by atoms with Crippen LogP contribution in [0.1, 0.15) is 40.5 Å². The summed E-state index contributed by atoms with van der Waals surface area (Å²) >= 11 is 0. The van der Waals surface area contributed by atoms with Crippen LogP contribution in [-0.2, 0) is 9.59 Å². The monoisotopic (exact) mass is 342 g/mol. The van der Waals surface area contributed by atoms with Crippen molar-refractivity contribution in [2.45, 2.75) is 25.3 Å². The van der Waals surface area contributed by atoms with Gasteiger partial charge in [0.05, 0.1) is 23.4 Å². The Balaban J connectivity index is 2.03. The molecular formula is C17H18N4O4. The summed E-state index contributed by atoms with van der Waals surface area (Å²) in [5, 5.41) is 5.12. The van der Waals surface area contributed by atoms with Crippen molar-refractivity contribution in [3.8, 4) is 0 Å². The van der Waals surface area contributed by atoms with Crippen LogP contribution in [-0.4, -0.2) is 40.6 Å². The summed E-state index contributed by atoms with van der Waals surface area (Å²) in [5.74, 6) is -2.11. The molecule has 1 saturated heterocycles. The smallest absolute Gasteiger partial charge is 0.264 e. The Kier molecular flexibility index (Phi) is 3.92. The van der Waals surface area contributed by atoms with E-state index >= 15 is 0 Å². The fourth-order valence-electron chi connectivity index (χ4n) is 3.12. The molecule has 8 heteroatoms. The predicted octanol–water partition coefficient (Wildman–Crippen LogP) is 0.362. The summed E-state index contributed by atoms with van der Waals surface area (Å²) in [6.07, 6.45) is 0.750. The second-order valence-corrected chi connectivity index (χ2v) is 6.26. The molecule has 1 atom stereocenters. The molecule has 0 aliphatic carbocycles. The van der Waals surface area contributed by atoms with E-state index in [9.17, 15) is 19.2 Å². The summed E-state index contributed by atoms with van der Waals surface area (Å²) < 4.78 is 0. The third-order valence-corrected chi connectivity index (χ3v) is 4.56. The molecule has 2 aliphatic heterocycles. The predicted molar refractivity (Wildman–Crippen MR) is 89.5 cm³/mol. The van der Waals surface area contributed by atoms with Crippen molar-refractivity contribution in [3.63, 3.8) is 0 Å². The van der Waals surface area contributed by atoms with E-state index in [2.05, 4.69) is 17.2 Å². The number of rotatable bonds is 3. The lowest BCUT2D eigenvalue weighted by Gasteiger charge is -2.39. The quantitative estimate of drug-likeness (QED) is 0.685. The lowest BCUT2D eigenvalue weighted by Crippen LogP contribution is -2.60. The molecule has 0 radical (unpaired) electrons. The number of amides is 4. The van der Waals surface area contributed by atoms with Gasteiger partial charge in [0.15, 0.2) is 0 Å². The molecule has 0 aromatic heterocycles. The van der Waals surface area contributed by atoms with Gasteiger partial charge in [-0.15, -0.1) is 0 Å². The third kappa shape index (κ3) is 2.51. The third-order valence-electron chi connectivity index (χ3n) is 4.56. The van der Waals surface area contributed by atoms with Gasteiger partial charge in [0.25, 0.3) is 11.8 Å². The normalized spacial score (nSPS) is 22.7. The van der Waals surface area contributed by atoms with Gasteiger partial charge in [0.1, 0.15) is 5.54 Å². The molecule has 8 nitrogen and oxygen atoms in total. The summed E-state index contributed by atoms with van der Waals surface area (Å²) in [7, 11) is 0. The van der Waals surface area contributed by atoms with Gasteiger partial charge in [-0.2, -0.15) is 0 Å². The molecule has 25 heavy (non-hydrogen) atoms. The first-order valence-corrected chi connectivity index (χ1v) is 7.80. The minimum Gasteiger partial charge on any atom is -0.328 e. The number of hydrogen-bond acceptors (Lipinski definition) is 5. The van der Waals surface area contributed by atoms with Crippen molar-refractivity contribution < 1.29 is 19.2 Å². The van der Waals surface area contributed by atoms with E-state index in [0.717, 1.165) is 4.90 Å². The van der Waals surface area contributed by atoms with E-state index in [1.54, 1.807) is 13.0 Å². The molecule has 0 bridgehead atoms. The lowest BCUT2D eigenvalue weighted by atomic mass is 9.88. The maximum atomic E-state index is 12.9. The first kappa shape index (κ1) is 16.8. The lowest BCUT2D eigenvalue weighted by molar-refractivity contribution is -0.131. The Hall–Kier alpha value is -3.00. The molecule has 4 amide bonds. The van der Waals surface area contributed by atoms with Crippen LogP contribution in [0, 0.1) is 0 Å². The second kappa shape index (κ2) is 5.82. The molecule has 0 unspecified atom stereocenters. The number of carbonyl (C=O) groups is 4. The number of nitrogens with two attached hydrogens (primary N) is 1. The highest BCUT2D eigenvalue weighted by molar-refractivity contribution is 6.26. The largest absolute Gasteiger partial charge is 0.328 e. The van der Waals surface area contributed by atoms with Crippen LogP contribution in [0.15, 0.2) is 30.5 Å². The number of allylic oxidation sites excluding steroid dienone is 1. The first-order chi connectivity index (χ1) is 11.8. The van der Waals surface area contributed by atoms with Gasteiger partial charge in [-0.25, -0.2) is 0 Å². The number of fused-ring (bicyclic) bond motifs is 1. The molecular weight excluding hydrogens is 324 g/mol. The molecule has 1 fully saturated rings. The fraction of sp³-hybridized carbons (Fsp3) is 0.294. The van der Waals surface area contributed by atoms with E-state index < -0.39 is 29.2 Å². The van der Waals surface area contributed by atoms with Gasteiger partial charge in [-0.3, -0.25) is 24.1 Å². The summed E-state index contributed by atoms with van der Waals surface area (Å²) in [5.41, 5.74) is 4.96. The van der Waals surface area contributed by atoms with E-state index in [4.69, 9.17) is 5.73 Å². The van der Waals surface area contributed by atoms with Crippen LogP contribution in [0.4, 0.5) is 5.69 Å². The zero-order chi connectivity index (χ0) is 18.4. The molecule has 130 valence electrons. The molecule has 1 aromatic rings. The Morgan fingerprint density at radius 2 is 2.08 bits per heavy atom. The number of carbonyl (C=O) groups excluding carboxylic acids is 4. The van der Waals surface area contributed by atoms with Crippen LogP contribution in [0.25, 0.3) is 0 Å². The summed E-state index contributed by atoms with van der Waals surface area (Å²) in [4.78, 5) is 50.8. The Labute approximate surface area is 144 Å². The van der Waals surface area contributed by atoms with Crippen molar-refractivity contribution >= 4 is 29.3 Å². The van der Waals surface area contributed by atoms with Crippen molar-refractivity contribution in [1.82, 2.24) is 10.2 Å². The Morgan fingerprint density at radius 3 is 2.72 bits per heavy atom. The summed E-state index contributed by atoms with van der Waals surface area (Å²) in [6, 6.07) is 4.58. The topological polar surface area (TPSA) is 122 Å². The number of benzene rings is 1. The number of nitrogens with one attached hydrogen (secondary N) is 2. The van der Waals surface area contributed by atoms with Crippen molar-refractivity contribution in [2.75, 3.05) is 11.9 Å². The number of piperidine rings is 1. The van der Waals surface area contributed by atoms with Crippen LogP contribution in [0.3, 0.4) is 0 Å². The molecule has 0 saturated carbocycles. The van der Waals surface area contributed by atoms with E-state index in [0.29, 0.717) is 12.1 Å². The average Bonchev–Trinajstić information content (AvgIpc) is 2.84. The van der Waals surface area contributed by atoms with Gasteiger partial charge in [-0.05, 0) is 31.9 Å².